The average molecular weight is 342 g/mol. The van der Waals surface area contributed by atoms with E-state index >= 15 is 0 Å². The highest BCUT2D eigenvalue weighted by molar-refractivity contribution is 5.66. The molecule has 0 spiro atoms. The fourth-order valence-electron chi connectivity index (χ4n) is 3.16. The largest absolute Gasteiger partial charge is 0.393 e. The lowest BCUT2D eigenvalue weighted by molar-refractivity contribution is -0.384. The van der Waals surface area contributed by atoms with Crippen LogP contribution in [0.4, 0.5) is 23.0 Å². The van der Waals surface area contributed by atoms with Gasteiger partial charge in [0.25, 0.3) is 0 Å². The first-order valence-corrected chi connectivity index (χ1v) is 8.36. The number of pyridine rings is 1. The number of hydrogen-bond donors (Lipinski definition) is 2. The Hall–Kier alpha value is -2.67. The first kappa shape index (κ1) is 17.2. The van der Waals surface area contributed by atoms with Crippen LogP contribution < -0.4 is 10.2 Å². The number of nitrogens with zero attached hydrogens (tertiary/aromatic N) is 3. The smallest absolute Gasteiger partial charge is 0.311 e. The summed E-state index contributed by atoms with van der Waals surface area (Å²) in [6.45, 7) is 5.15. The maximum atomic E-state index is 11.4. The molecule has 0 unspecified atom stereocenters. The molecule has 0 atom stereocenters. The van der Waals surface area contributed by atoms with Crippen LogP contribution in [0.15, 0.2) is 30.3 Å². The van der Waals surface area contributed by atoms with E-state index in [-0.39, 0.29) is 11.8 Å². The molecule has 3 rings (SSSR count). The van der Waals surface area contributed by atoms with Gasteiger partial charge in [-0.05, 0) is 56.0 Å². The van der Waals surface area contributed by atoms with Crippen LogP contribution in [0.25, 0.3) is 0 Å². The second-order valence-corrected chi connectivity index (χ2v) is 6.52. The van der Waals surface area contributed by atoms with Crippen molar-refractivity contribution in [3.63, 3.8) is 0 Å². The number of piperidine rings is 1. The summed E-state index contributed by atoms with van der Waals surface area (Å²) < 4.78 is 0. The van der Waals surface area contributed by atoms with Crippen LogP contribution >= 0.6 is 0 Å². The van der Waals surface area contributed by atoms with Crippen LogP contribution in [0, 0.1) is 24.0 Å². The summed E-state index contributed by atoms with van der Waals surface area (Å²) in [4.78, 5) is 17.3. The third-order valence-corrected chi connectivity index (χ3v) is 4.31. The molecule has 2 heterocycles. The van der Waals surface area contributed by atoms with E-state index < -0.39 is 4.92 Å². The number of anilines is 3. The molecule has 0 amide bonds. The second kappa shape index (κ2) is 7.06. The van der Waals surface area contributed by atoms with Gasteiger partial charge < -0.3 is 15.3 Å². The van der Waals surface area contributed by atoms with Crippen molar-refractivity contribution in [2.45, 2.75) is 32.8 Å². The molecule has 1 aromatic heterocycles. The van der Waals surface area contributed by atoms with Gasteiger partial charge in [0.05, 0.1) is 11.0 Å². The van der Waals surface area contributed by atoms with Crippen LogP contribution in [0.1, 0.15) is 24.0 Å². The van der Waals surface area contributed by atoms with E-state index in [2.05, 4.69) is 16.4 Å². The van der Waals surface area contributed by atoms with Gasteiger partial charge in [-0.1, -0.05) is 6.07 Å². The van der Waals surface area contributed by atoms with Gasteiger partial charge in [-0.15, -0.1) is 0 Å². The van der Waals surface area contributed by atoms with Gasteiger partial charge in [-0.25, -0.2) is 4.98 Å². The van der Waals surface area contributed by atoms with Crippen molar-refractivity contribution >= 4 is 23.0 Å². The zero-order valence-electron chi connectivity index (χ0n) is 14.4. The predicted octanol–water partition coefficient (Wildman–Crippen LogP) is 3.31. The number of nitrogens with one attached hydrogen (secondary N) is 1. The lowest BCUT2D eigenvalue weighted by atomic mass is 10.1. The molecule has 25 heavy (non-hydrogen) atoms. The van der Waals surface area contributed by atoms with E-state index in [1.54, 1.807) is 6.07 Å². The Morgan fingerprint density at radius 1 is 1.20 bits per heavy atom. The molecule has 1 aliphatic rings. The van der Waals surface area contributed by atoms with Crippen molar-refractivity contribution in [3.05, 3.63) is 51.6 Å². The van der Waals surface area contributed by atoms with Gasteiger partial charge in [0.1, 0.15) is 5.82 Å². The highest BCUT2D eigenvalue weighted by Crippen LogP contribution is 2.31. The molecular formula is C18H22N4O3. The summed E-state index contributed by atoms with van der Waals surface area (Å²) >= 11 is 0. The summed E-state index contributed by atoms with van der Waals surface area (Å²) in [5.74, 6) is 0.919. The monoisotopic (exact) mass is 342 g/mol. The van der Waals surface area contributed by atoms with Gasteiger partial charge in [-0.2, -0.15) is 0 Å². The molecule has 2 aromatic rings. The summed E-state index contributed by atoms with van der Waals surface area (Å²) in [5, 5.41) is 24.2. The molecule has 1 aromatic carbocycles. The number of aromatic nitrogens is 1. The van der Waals surface area contributed by atoms with E-state index in [0.29, 0.717) is 37.6 Å². The molecule has 0 bridgehead atoms. The fourth-order valence-corrected chi connectivity index (χ4v) is 3.16. The lowest BCUT2D eigenvalue weighted by Gasteiger charge is -2.30. The Morgan fingerprint density at radius 3 is 2.44 bits per heavy atom. The van der Waals surface area contributed by atoms with Crippen molar-refractivity contribution in [3.8, 4) is 0 Å². The van der Waals surface area contributed by atoms with E-state index in [9.17, 15) is 15.2 Å². The Bertz CT molecular complexity index is 766. The Labute approximate surface area is 146 Å². The molecule has 0 radical (unpaired) electrons. The minimum atomic E-state index is -0.409. The Balaban J connectivity index is 1.90. The van der Waals surface area contributed by atoms with Crippen LogP contribution in [0.3, 0.4) is 0 Å². The standard InChI is InChI=1S/C18H22N4O3/c1-12-9-13(2)11-14(10-12)19-17-4-3-16(22(24)25)18(20-17)21-7-5-15(23)6-8-21/h3-4,9-11,15,23H,5-8H2,1-2H3,(H,19,20). The van der Waals surface area contributed by atoms with Gasteiger partial charge >= 0.3 is 5.69 Å². The van der Waals surface area contributed by atoms with Crippen molar-refractivity contribution in [1.29, 1.82) is 0 Å². The van der Waals surface area contributed by atoms with Crippen LogP contribution in [0.5, 0.6) is 0 Å². The zero-order valence-corrected chi connectivity index (χ0v) is 14.4. The molecule has 0 aliphatic carbocycles. The predicted molar refractivity (Wildman–Crippen MR) is 97.5 cm³/mol. The van der Waals surface area contributed by atoms with Gasteiger partial charge in [-0.3, -0.25) is 10.1 Å². The van der Waals surface area contributed by atoms with Crippen molar-refractivity contribution in [2.24, 2.45) is 0 Å². The van der Waals surface area contributed by atoms with Crippen molar-refractivity contribution in [2.75, 3.05) is 23.3 Å². The summed E-state index contributed by atoms with van der Waals surface area (Å²) in [6.07, 6.45) is 0.841. The zero-order chi connectivity index (χ0) is 18.0. The number of aryl methyl sites for hydroxylation is 2. The number of aliphatic hydroxyl groups excluding tert-OH is 1. The third kappa shape index (κ3) is 4.06. The second-order valence-electron chi connectivity index (χ2n) is 6.52. The molecule has 1 aliphatic heterocycles. The van der Waals surface area contributed by atoms with Crippen LogP contribution in [-0.2, 0) is 0 Å². The molecular weight excluding hydrogens is 320 g/mol. The first-order valence-electron chi connectivity index (χ1n) is 8.36. The highest BCUT2D eigenvalue weighted by Gasteiger charge is 2.25. The van der Waals surface area contributed by atoms with Gasteiger partial charge in [0.2, 0.25) is 5.82 Å². The van der Waals surface area contributed by atoms with Crippen molar-refractivity contribution < 1.29 is 10.0 Å². The molecule has 1 saturated heterocycles. The van der Waals surface area contributed by atoms with Crippen LogP contribution in [0.2, 0.25) is 0 Å². The third-order valence-electron chi connectivity index (χ3n) is 4.31. The summed E-state index contributed by atoms with van der Waals surface area (Å²) in [6, 6.07) is 9.20. The number of hydrogen-bond acceptors (Lipinski definition) is 6. The molecule has 2 N–H and O–H groups in total. The Kier molecular flexibility index (Phi) is 4.85. The van der Waals surface area contributed by atoms with Crippen molar-refractivity contribution in [1.82, 2.24) is 4.98 Å². The first-order chi connectivity index (χ1) is 11.9. The van der Waals surface area contributed by atoms with Crippen LogP contribution in [-0.4, -0.2) is 34.2 Å². The summed E-state index contributed by atoms with van der Waals surface area (Å²) in [5.41, 5.74) is 3.16. The molecule has 132 valence electrons. The number of rotatable bonds is 4. The Morgan fingerprint density at radius 2 is 1.84 bits per heavy atom. The topological polar surface area (TPSA) is 91.5 Å². The number of benzene rings is 1. The fraction of sp³-hybridized carbons (Fsp3) is 0.389. The molecule has 1 fully saturated rings. The quantitative estimate of drug-likeness (QED) is 0.654. The highest BCUT2D eigenvalue weighted by atomic mass is 16.6. The average Bonchev–Trinajstić information content (AvgIpc) is 2.54. The van der Waals surface area contributed by atoms with E-state index in [4.69, 9.17) is 0 Å². The number of aliphatic hydroxyl groups is 1. The SMILES string of the molecule is Cc1cc(C)cc(Nc2ccc([N+](=O)[O-])c(N3CCC(O)CC3)n2)c1. The van der Waals surface area contributed by atoms with E-state index in [1.807, 2.05) is 30.9 Å². The minimum Gasteiger partial charge on any atom is -0.393 e. The molecule has 7 heteroatoms. The maximum Gasteiger partial charge on any atom is 0.311 e. The maximum absolute atomic E-state index is 11.4. The van der Waals surface area contributed by atoms with Gasteiger partial charge in [0.15, 0.2) is 0 Å². The van der Waals surface area contributed by atoms with Gasteiger partial charge in [0, 0.05) is 24.8 Å². The number of nitro groups is 1. The normalized spacial score (nSPS) is 15.2. The molecule has 0 saturated carbocycles. The minimum absolute atomic E-state index is 0.0117. The summed E-state index contributed by atoms with van der Waals surface area (Å²) in [7, 11) is 0. The van der Waals surface area contributed by atoms with E-state index in [1.165, 1.54) is 6.07 Å². The molecule has 7 nitrogen and oxygen atoms in total. The lowest BCUT2D eigenvalue weighted by Crippen LogP contribution is -2.36. The van der Waals surface area contributed by atoms with E-state index in [0.717, 1.165) is 16.8 Å².